The summed E-state index contributed by atoms with van der Waals surface area (Å²) in [7, 11) is 0. The van der Waals surface area contributed by atoms with E-state index < -0.39 is 17.9 Å². The van der Waals surface area contributed by atoms with Crippen molar-refractivity contribution in [2.45, 2.75) is 46.0 Å². The SMILES string of the molecule is CCOC(=O)C(CC1CCCCC1=O)C(=O)OCC. The van der Waals surface area contributed by atoms with Crippen molar-refractivity contribution in [2.24, 2.45) is 11.8 Å². The number of Topliss-reactive ketones (excluding diaryl/α,β-unsaturated/α-hetero) is 1. The van der Waals surface area contributed by atoms with Crippen molar-refractivity contribution >= 4 is 17.7 Å². The highest BCUT2D eigenvalue weighted by atomic mass is 16.6. The first kappa shape index (κ1) is 15.7. The lowest BCUT2D eigenvalue weighted by molar-refractivity contribution is -0.162. The normalized spacial score (nSPS) is 19.3. The highest BCUT2D eigenvalue weighted by Gasteiger charge is 2.35. The molecule has 0 N–H and O–H groups in total. The van der Waals surface area contributed by atoms with Crippen molar-refractivity contribution < 1.29 is 23.9 Å². The molecule has 1 atom stereocenters. The van der Waals surface area contributed by atoms with Crippen LogP contribution in [0.15, 0.2) is 0 Å². The second-order valence-corrected chi connectivity index (χ2v) is 4.70. The van der Waals surface area contributed by atoms with E-state index in [0.29, 0.717) is 6.42 Å². The first-order valence-electron chi connectivity index (χ1n) is 6.96. The largest absolute Gasteiger partial charge is 0.465 e. The van der Waals surface area contributed by atoms with E-state index in [1.54, 1.807) is 13.8 Å². The van der Waals surface area contributed by atoms with E-state index in [9.17, 15) is 14.4 Å². The molecule has 1 aliphatic carbocycles. The molecule has 0 radical (unpaired) electrons. The average molecular weight is 270 g/mol. The van der Waals surface area contributed by atoms with Crippen molar-refractivity contribution in [3.8, 4) is 0 Å². The molecule has 1 fully saturated rings. The summed E-state index contributed by atoms with van der Waals surface area (Å²) in [6.45, 7) is 3.80. The molecule has 1 aliphatic rings. The van der Waals surface area contributed by atoms with Crippen molar-refractivity contribution in [3.05, 3.63) is 0 Å². The number of esters is 2. The van der Waals surface area contributed by atoms with Gasteiger partial charge in [0.2, 0.25) is 0 Å². The van der Waals surface area contributed by atoms with E-state index in [0.717, 1.165) is 19.3 Å². The fraction of sp³-hybridized carbons (Fsp3) is 0.786. The number of hydrogen-bond acceptors (Lipinski definition) is 5. The van der Waals surface area contributed by atoms with Crippen LogP contribution >= 0.6 is 0 Å². The van der Waals surface area contributed by atoms with Crippen LogP contribution in [0.25, 0.3) is 0 Å². The quantitative estimate of drug-likeness (QED) is 0.544. The number of carbonyl (C=O) groups excluding carboxylic acids is 3. The summed E-state index contributed by atoms with van der Waals surface area (Å²) in [5.41, 5.74) is 0. The van der Waals surface area contributed by atoms with E-state index in [4.69, 9.17) is 9.47 Å². The van der Waals surface area contributed by atoms with Crippen LogP contribution in [0.5, 0.6) is 0 Å². The van der Waals surface area contributed by atoms with E-state index in [1.165, 1.54) is 0 Å². The average Bonchev–Trinajstić information content (AvgIpc) is 2.38. The van der Waals surface area contributed by atoms with Crippen molar-refractivity contribution in [2.75, 3.05) is 13.2 Å². The van der Waals surface area contributed by atoms with E-state index in [-0.39, 0.29) is 31.3 Å². The Hall–Kier alpha value is -1.39. The van der Waals surface area contributed by atoms with E-state index >= 15 is 0 Å². The van der Waals surface area contributed by atoms with Crippen LogP contribution in [0.3, 0.4) is 0 Å². The zero-order chi connectivity index (χ0) is 14.3. The summed E-state index contributed by atoms with van der Waals surface area (Å²) in [6.07, 6.45) is 3.38. The summed E-state index contributed by atoms with van der Waals surface area (Å²) >= 11 is 0. The fourth-order valence-corrected chi connectivity index (χ4v) is 2.36. The van der Waals surface area contributed by atoms with Crippen molar-refractivity contribution in [1.29, 1.82) is 0 Å². The minimum atomic E-state index is -0.966. The van der Waals surface area contributed by atoms with Gasteiger partial charge in [0.1, 0.15) is 5.78 Å². The molecule has 1 rings (SSSR count). The van der Waals surface area contributed by atoms with Gasteiger partial charge in [0, 0.05) is 12.3 Å². The van der Waals surface area contributed by atoms with E-state index in [2.05, 4.69) is 0 Å². The van der Waals surface area contributed by atoms with Crippen LogP contribution in [-0.4, -0.2) is 30.9 Å². The van der Waals surface area contributed by atoms with Gasteiger partial charge in [-0.05, 0) is 33.1 Å². The maximum absolute atomic E-state index is 11.8. The predicted octanol–water partition coefficient (Wildman–Crippen LogP) is 1.88. The Morgan fingerprint density at radius 3 is 2.21 bits per heavy atom. The van der Waals surface area contributed by atoms with Gasteiger partial charge in [0.25, 0.3) is 0 Å². The molecule has 0 aromatic carbocycles. The zero-order valence-corrected chi connectivity index (χ0v) is 11.6. The van der Waals surface area contributed by atoms with E-state index in [1.807, 2.05) is 0 Å². The molecule has 0 aromatic rings. The molecule has 0 aliphatic heterocycles. The molecular formula is C14H22O5. The van der Waals surface area contributed by atoms with Crippen molar-refractivity contribution in [1.82, 2.24) is 0 Å². The first-order chi connectivity index (χ1) is 9.10. The summed E-state index contributed by atoms with van der Waals surface area (Å²) in [6, 6.07) is 0. The molecule has 108 valence electrons. The molecule has 1 unspecified atom stereocenters. The molecular weight excluding hydrogens is 248 g/mol. The number of carbonyl (C=O) groups is 3. The molecule has 0 amide bonds. The Kier molecular flexibility index (Phi) is 6.53. The van der Waals surface area contributed by atoms with Crippen LogP contribution in [0.1, 0.15) is 46.0 Å². The van der Waals surface area contributed by atoms with Crippen LogP contribution in [0, 0.1) is 11.8 Å². The highest BCUT2D eigenvalue weighted by molar-refractivity contribution is 5.95. The topological polar surface area (TPSA) is 69.7 Å². The summed E-state index contributed by atoms with van der Waals surface area (Å²) in [5.74, 6) is -2.21. The van der Waals surface area contributed by atoms with Gasteiger partial charge in [-0.3, -0.25) is 14.4 Å². The summed E-state index contributed by atoms with van der Waals surface area (Å²) in [5, 5.41) is 0. The van der Waals surface area contributed by atoms with Gasteiger partial charge < -0.3 is 9.47 Å². The fourth-order valence-electron chi connectivity index (χ4n) is 2.36. The number of hydrogen-bond donors (Lipinski definition) is 0. The molecule has 0 heterocycles. The number of ether oxygens (including phenoxy) is 2. The third-order valence-corrected chi connectivity index (χ3v) is 3.34. The molecule has 0 aromatic heterocycles. The Morgan fingerprint density at radius 2 is 1.74 bits per heavy atom. The lowest BCUT2D eigenvalue weighted by atomic mass is 9.82. The van der Waals surface area contributed by atoms with Gasteiger partial charge >= 0.3 is 11.9 Å². The van der Waals surface area contributed by atoms with Gasteiger partial charge in [0.15, 0.2) is 5.92 Å². The van der Waals surface area contributed by atoms with Crippen LogP contribution in [0.2, 0.25) is 0 Å². The van der Waals surface area contributed by atoms with Gasteiger partial charge in [-0.1, -0.05) is 6.42 Å². The Bertz CT molecular complexity index is 319. The molecule has 5 heteroatoms. The van der Waals surface area contributed by atoms with Gasteiger partial charge in [-0.15, -0.1) is 0 Å². The Labute approximate surface area is 113 Å². The third kappa shape index (κ3) is 4.65. The molecule has 5 nitrogen and oxygen atoms in total. The molecule has 0 spiro atoms. The molecule has 0 saturated heterocycles. The summed E-state index contributed by atoms with van der Waals surface area (Å²) in [4.78, 5) is 35.4. The van der Waals surface area contributed by atoms with Gasteiger partial charge in [-0.25, -0.2) is 0 Å². The lowest BCUT2D eigenvalue weighted by Crippen LogP contribution is -2.33. The molecule has 19 heavy (non-hydrogen) atoms. The summed E-state index contributed by atoms with van der Waals surface area (Å²) < 4.78 is 9.79. The molecule has 0 bridgehead atoms. The monoisotopic (exact) mass is 270 g/mol. The van der Waals surface area contributed by atoms with Gasteiger partial charge in [0.05, 0.1) is 13.2 Å². The molecule has 1 saturated carbocycles. The predicted molar refractivity (Wildman–Crippen MR) is 68.3 cm³/mol. The first-order valence-corrected chi connectivity index (χ1v) is 6.96. The Morgan fingerprint density at radius 1 is 1.16 bits per heavy atom. The van der Waals surface area contributed by atoms with Crippen molar-refractivity contribution in [3.63, 3.8) is 0 Å². The second kappa shape index (κ2) is 7.92. The van der Waals surface area contributed by atoms with Crippen LogP contribution in [0.4, 0.5) is 0 Å². The van der Waals surface area contributed by atoms with Crippen LogP contribution in [-0.2, 0) is 23.9 Å². The number of ketones is 1. The zero-order valence-electron chi connectivity index (χ0n) is 11.6. The lowest BCUT2D eigenvalue weighted by Gasteiger charge is -2.23. The smallest absolute Gasteiger partial charge is 0.320 e. The maximum Gasteiger partial charge on any atom is 0.320 e. The van der Waals surface area contributed by atoms with Gasteiger partial charge in [-0.2, -0.15) is 0 Å². The Balaban J connectivity index is 2.69. The van der Waals surface area contributed by atoms with Crippen LogP contribution < -0.4 is 0 Å². The minimum absolute atomic E-state index is 0.143. The minimum Gasteiger partial charge on any atom is -0.465 e. The third-order valence-electron chi connectivity index (χ3n) is 3.34. The second-order valence-electron chi connectivity index (χ2n) is 4.70. The highest BCUT2D eigenvalue weighted by Crippen LogP contribution is 2.27. The number of rotatable bonds is 6. The maximum atomic E-state index is 11.8. The standard InChI is InChI=1S/C14H22O5/c1-3-18-13(16)11(14(17)19-4-2)9-10-7-5-6-8-12(10)15/h10-11H,3-9H2,1-2H3.